The Morgan fingerprint density at radius 2 is 1.94 bits per heavy atom. The van der Waals surface area contributed by atoms with Crippen molar-refractivity contribution < 1.29 is 9.53 Å². The van der Waals surface area contributed by atoms with Gasteiger partial charge in [-0.15, -0.1) is 11.3 Å². The maximum atomic E-state index is 13.7. The molecule has 0 aliphatic carbocycles. The summed E-state index contributed by atoms with van der Waals surface area (Å²) >= 11 is 1.64. The van der Waals surface area contributed by atoms with E-state index in [2.05, 4.69) is 43.8 Å². The lowest BCUT2D eigenvalue weighted by molar-refractivity contribution is -0.0728. The van der Waals surface area contributed by atoms with Gasteiger partial charge in [0.2, 0.25) is 0 Å². The van der Waals surface area contributed by atoms with Crippen molar-refractivity contribution in [3.63, 3.8) is 0 Å². The largest absolute Gasteiger partial charge is 0.373 e. The number of carbonyl (C=O) groups is 1. The molecule has 2 unspecified atom stereocenters. The number of pyridine rings is 1. The van der Waals surface area contributed by atoms with Crippen molar-refractivity contribution in [1.82, 2.24) is 24.6 Å². The number of likely N-dealkylation sites (tertiary alicyclic amines) is 1. The molecule has 0 saturated carbocycles. The highest BCUT2D eigenvalue weighted by molar-refractivity contribution is 7.13. The first-order valence-corrected chi connectivity index (χ1v) is 13.4. The van der Waals surface area contributed by atoms with Crippen LogP contribution in [-0.2, 0) is 4.74 Å². The summed E-state index contributed by atoms with van der Waals surface area (Å²) in [5, 5.41) is 7.46. The maximum absolute atomic E-state index is 13.7. The van der Waals surface area contributed by atoms with E-state index in [-0.39, 0.29) is 11.9 Å². The smallest absolute Gasteiger partial charge is 0.254 e. The Morgan fingerprint density at radius 1 is 1.21 bits per heavy atom. The van der Waals surface area contributed by atoms with Gasteiger partial charge in [-0.3, -0.25) is 9.69 Å². The van der Waals surface area contributed by atoms with E-state index in [9.17, 15) is 4.79 Å². The summed E-state index contributed by atoms with van der Waals surface area (Å²) in [5.74, 6) is 0.727. The molecule has 3 aromatic heterocycles. The zero-order valence-electron chi connectivity index (χ0n) is 20.6. The predicted octanol–water partition coefficient (Wildman–Crippen LogP) is 4.70. The lowest BCUT2D eigenvalue weighted by Gasteiger charge is -2.39. The molecule has 2 aliphatic heterocycles. The molecule has 2 saturated heterocycles. The highest BCUT2D eigenvalue weighted by Crippen LogP contribution is 2.30. The molecule has 1 amide bonds. The second-order valence-corrected chi connectivity index (χ2v) is 11.1. The number of amides is 1. The highest BCUT2D eigenvalue weighted by Gasteiger charge is 2.29. The van der Waals surface area contributed by atoms with Gasteiger partial charge in [-0.25, -0.2) is 9.67 Å². The number of ether oxygens (including phenoxy) is 1. The van der Waals surface area contributed by atoms with E-state index in [1.165, 1.54) is 0 Å². The Bertz CT molecular complexity index is 1120. The van der Waals surface area contributed by atoms with Crippen LogP contribution in [0.1, 0.15) is 56.9 Å². The first-order valence-electron chi connectivity index (χ1n) is 12.5. The van der Waals surface area contributed by atoms with Crippen LogP contribution in [0.25, 0.3) is 21.6 Å². The average molecular weight is 482 g/mol. The molecule has 0 spiro atoms. The van der Waals surface area contributed by atoms with E-state index in [0.29, 0.717) is 18.1 Å². The molecule has 0 bridgehead atoms. The molecule has 0 N–H and O–H groups in total. The van der Waals surface area contributed by atoms with Crippen molar-refractivity contribution in [1.29, 1.82) is 0 Å². The number of hydrogen-bond acceptors (Lipinski definition) is 6. The Kier molecular flexibility index (Phi) is 6.73. The molecule has 34 heavy (non-hydrogen) atoms. The van der Waals surface area contributed by atoms with E-state index in [0.717, 1.165) is 72.7 Å². The minimum absolute atomic E-state index is 0.0978. The lowest BCUT2D eigenvalue weighted by Crippen LogP contribution is -2.48. The van der Waals surface area contributed by atoms with Crippen molar-refractivity contribution in [2.75, 3.05) is 32.7 Å². The highest BCUT2D eigenvalue weighted by atomic mass is 32.1. The number of aromatic nitrogens is 3. The van der Waals surface area contributed by atoms with Crippen LogP contribution in [0.4, 0.5) is 0 Å². The van der Waals surface area contributed by atoms with Crippen LogP contribution in [0.2, 0.25) is 0 Å². The topological polar surface area (TPSA) is 63.5 Å². The summed E-state index contributed by atoms with van der Waals surface area (Å²) in [4.78, 5) is 24.3. The lowest BCUT2D eigenvalue weighted by atomic mass is 9.95. The number of rotatable bonds is 5. The monoisotopic (exact) mass is 481 g/mol. The zero-order chi connectivity index (χ0) is 23.8. The van der Waals surface area contributed by atoms with Gasteiger partial charge in [0.05, 0.1) is 39.9 Å². The normalized spacial score (nSPS) is 22.7. The van der Waals surface area contributed by atoms with Gasteiger partial charge in [0, 0.05) is 38.8 Å². The molecule has 3 aromatic rings. The molecule has 182 valence electrons. The molecular weight excluding hydrogens is 446 g/mol. The first-order chi connectivity index (χ1) is 16.4. The number of nitrogens with zero attached hydrogens (tertiary/aromatic N) is 5. The van der Waals surface area contributed by atoms with Crippen LogP contribution in [0.3, 0.4) is 0 Å². The molecule has 0 radical (unpaired) electrons. The third-order valence-electron chi connectivity index (χ3n) is 6.97. The van der Waals surface area contributed by atoms with E-state index in [1.54, 1.807) is 17.5 Å². The van der Waals surface area contributed by atoms with Crippen molar-refractivity contribution in [2.24, 2.45) is 5.92 Å². The van der Waals surface area contributed by atoms with Crippen molar-refractivity contribution >= 4 is 28.3 Å². The van der Waals surface area contributed by atoms with Crippen molar-refractivity contribution in [3.05, 3.63) is 35.3 Å². The SMILES string of the molecule is CC1CN(CC2CCN(C(=O)c3cc(-c4cccs4)nc4c3cnn4C(C)C)CC2)CC(C)O1. The number of piperidine rings is 1. The summed E-state index contributed by atoms with van der Waals surface area (Å²) in [6.45, 7) is 13.2. The molecular formula is C26H35N5O2S. The van der Waals surface area contributed by atoms with Crippen LogP contribution in [0, 0.1) is 5.92 Å². The molecule has 2 aliphatic rings. The van der Waals surface area contributed by atoms with Crippen LogP contribution < -0.4 is 0 Å². The minimum atomic E-state index is 0.0978. The number of thiophene rings is 1. The standard InChI is InChI=1S/C26H35N5O2S/c1-17(2)31-25-22(13-27-31)21(12-23(28-25)24-6-5-11-34-24)26(32)30-9-7-20(8-10-30)16-29-14-18(3)33-19(4)15-29/h5-6,11-13,17-20H,7-10,14-16H2,1-4H3. The van der Waals surface area contributed by atoms with Gasteiger partial charge in [0.15, 0.2) is 5.65 Å². The van der Waals surface area contributed by atoms with Crippen molar-refractivity contribution in [2.45, 2.75) is 58.8 Å². The molecule has 0 aromatic carbocycles. The van der Waals surface area contributed by atoms with Crippen LogP contribution in [-0.4, -0.2) is 75.4 Å². The zero-order valence-corrected chi connectivity index (χ0v) is 21.4. The van der Waals surface area contributed by atoms with Crippen LogP contribution in [0.5, 0.6) is 0 Å². The van der Waals surface area contributed by atoms with Crippen LogP contribution in [0.15, 0.2) is 29.8 Å². The fraction of sp³-hybridized carbons (Fsp3) is 0.577. The fourth-order valence-electron chi connectivity index (χ4n) is 5.41. The number of fused-ring (bicyclic) bond motifs is 1. The van der Waals surface area contributed by atoms with Gasteiger partial charge in [-0.05, 0) is 64.0 Å². The minimum Gasteiger partial charge on any atom is -0.373 e. The Hall–Kier alpha value is -2.29. The van der Waals surface area contributed by atoms with Gasteiger partial charge in [0.1, 0.15) is 0 Å². The molecule has 8 heteroatoms. The molecule has 7 nitrogen and oxygen atoms in total. The molecule has 2 atom stereocenters. The van der Waals surface area contributed by atoms with E-state index in [1.807, 2.05) is 27.1 Å². The summed E-state index contributed by atoms with van der Waals surface area (Å²) in [6, 6.07) is 6.22. The fourth-order valence-corrected chi connectivity index (χ4v) is 6.10. The Morgan fingerprint density at radius 3 is 2.59 bits per heavy atom. The summed E-state index contributed by atoms with van der Waals surface area (Å²) in [6.07, 6.45) is 4.49. The van der Waals surface area contributed by atoms with E-state index >= 15 is 0 Å². The number of carbonyl (C=O) groups excluding carboxylic acids is 1. The molecule has 2 fully saturated rings. The first kappa shape index (κ1) is 23.5. The van der Waals surface area contributed by atoms with Crippen molar-refractivity contribution in [3.8, 4) is 10.6 Å². The molecule has 5 heterocycles. The van der Waals surface area contributed by atoms with Gasteiger partial charge in [0.25, 0.3) is 5.91 Å². The summed E-state index contributed by atoms with van der Waals surface area (Å²) in [5.41, 5.74) is 2.35. The van der Waals surface area contributed by atoms with E-state index in [4.69, 9.17) is 9.72 Å². The second-order valence-electron chi connectivity index (χ2n) is 10.2. The van der Waals surface area contributed by atoms with E-state index < -0.39 is 0 Å². The Labute approximate surface area is 205 Å². The average Bonchev–Trinajstić information content (AvgIpc) is 3.48. The summed E-state index contributed by atoms with van der Waals surface area (Å²) < 4.78 is 7.80. The summed E-state index contributed by atoms with van der Waals surface area (Å²) in [7, 11) is 0. The Balaban J connectivity index is 1.34. The van der Waals surface area contributed by atoms with Crippen LogP contribution >= 0.6 is 11.3 Å². The number of hydrogen-bond donors (Lipinski definition) is 0. The third-order valence-corrected chi connectivity index (χ3v) is 7.87. The van der Waals surface area contributed by atoms with Gasteiger partial charge in [-0.1, -0.05) is 6.07 Å². The second kappa shape index (κ2) is 9.76. The van der Waals surface area contributed by atoms with Gasteiger partial charge >= 0.3 is 0 Å². The van der Waals surface area contributed by atoms with Gasteiger partial charge in [-0.2, -0.15) is 5.10 Å². The molecule has 5 rings (SSSR count). The predicted molar refractivity (Wildman–Crippen MR) is 136 cm³/mol. The number of morpholine rings is 1. The third kappa shape index (κ3) is 4.76. The van der Waals surface area contributed by atoms with Gasteiger partial charge < -0.3 is 9.64 Å². The quantitative estimate of drug-likeness (QED) is 0.528. The maximum Gasteiger partial charge on any atom is 0.254 e.